The predicted molar refractivity (Wildman–Crippen MR) is 98.9 cm³/mol. The van der Waals surface area contributed by atoms with Crippen molar-refractivity contribution in [2.75, 3.05) is 34.2 Å². The summed E-state index contributed by atoms with van der Waals surface area (Å²) in [5.41, 5.74) is 1.35. The van der Waals surface area contributed by atoms with Gasteiger partial charge in [-0.1, -0.05) is 19.3 Å². The molecule has 126 valence electrons. The third-order valence-corrected chi connectivity index (χ3v) is 4.71. The van der Waals surface area contributed by atoms with Crippen LogP contribution in [0.3, 0.4) is 0 Å². The Morgan fingerprint density at radius 1 is 1.14 bits per heavy atom. The third kappa shape index (κ3) is 8.39. The number of nitrogens with one attached hydrogen (secondary N) is 2. The fourth-order valence-corrected chi connectivity index (χ4v) is 3.11. The van der Waals surface area contributed by atoms with Gasteiger partial charge in [0.05, 0.1) is 6.54 Å². The monoisotopic (exact) mass is 324 g/mol. The van der Waals surface area contributed by atoms with E-state index in [9.17, 15) is 0 Å². The minimum Gasteiger partial charge on any atom is -0.356 e. The molecule has 1 aromatic rings. The molecule has 0 amide bonds. The van der Waals surface area contributed by atoms with E-state index in [4.69, 9.17) is 0 Å². The van der Waals surface area contributed by atoms with E-state index in [-0.39, 0.29) is 0 Å². The van der Waals surface area contributed by atoms with Crippen molar-refractivity contribution in [2.24, 2.45) is 4.99 Å². The molecule has 1 heterocycles. The topological polar surface area (TPSA) is 39.7 Å². The number of guanidine groups is 1. The van der Waals surface area contributed by atoms with Crippen LogP contribution in [0.2, 0.25) is 0 Å². The van der Waals surface area contributed by atoms with Gasteiger partial charge >= 0.3 is 0 Å². The third-order valence-electron chi connectivity index (χ3n) is 3.68. The summed E-state index contributed by atoms with van der Waals surface area (Å²) in [7, 11) is 6.11. The molecule has 0 fully saturated rings. The first-order valence-corrected chi connectivity index (χ1v) is 9.13. The Balaban J connectivity index is 2.03. The summed E-state index contributed by atoms with van der Waals surface area (Å²) >= 11 is 1.79. The molecule has 22 heavy (non-hydrogen) atoms. The molecule has 0 bridgehead atoms. The van der Waals surface area contributed by atoms with Crippen LogP contribution in [0.1, 0.15) is 42.5 Å². The van der Waals surface area contributed by atoms with Crippen molar-refractivity contribution in [3.63, 3.8) is 0 Å². The average molecular weight is 325 g/mol. The lowest BCUT2D eigenvalue weighted by Gasteiger charge is -2.12. The van der Waals surface area contributed by atoms with E-state index < -0.39 is 0 Å². The smallest absolute Gasteiger partial charge is 0.191 e. The zero-order valence-electron chi connectivity index (χ0n) is 14.6. The Morgan fingerprint density at radius 3 is 2.50 bits per heavy atom. The van der Waals surface area contributed by atoms with Crippen LogP contribution in [0, 0.1) is 6.92 Å². The maximum Gasteiger partial charge on any atom is 0.191 e. The predicted octanol–water partition coefficient (Wildman–Crippen LogP) is 3.23. The lowest BCUT2D eigenvalue weighted by atomic mass is 10.1. The maximum absolute atomic E-state index is 4.28. The molecular weight excluding hydrogens is 292 g/mol. The van der Waals surface area contributed by atoms with Gasteiger partial charge in [0.2, 0.25) is 0 Å². The molecule has 0 saturated heterocycles. The molecule has 1 rings (SSSR count). The van der Waals surface area contributed by atoms with Crippen LogP contribution >= 0.6 is 11.3 Å². The zero-order valence-corrected chi connectivity index (χ0v) is 15.4. The van der Waals surface area contributed by atoms with Crippen LogP contribution in [0.15, 0.2) is 16.4 Å². The van der Waals surface area contributed by atoms with Crippen molar-refractivity contribution in [2.45, 2.75) is 45.6 Å². The Morgan fingerprint density at radius 2 is 1.86 bits per heavy atom. The van der Waals surface area contributed by atoms with Gasteiger partial charge < -0.3 is 15.5 Å². The quantitative estimate of drug-likeness (QED) is 0.394. The highest BCUT2D eigenvalue weighted by Crippen LogP contribution is 2.14. The molecule has 0 aliphatic heterocycles. The van der Waals surface area contributed by atoms with Crippen LogP contribution in [0.25, 0.3) is 0 Å². The number of hydrogen-bond donors (Lipinski definition) is 2. The summed E-state index contributed by atoms with van der Waals surface area (Å²) in [6, 6.07) is 2.16. The largest absolute Gasteiger partial charge is 0.356 e. The summed E-state index contributed by atoms with van der Waals surface area (Å²) < 4.78 is 0. The number of aryl methyl sites for hydroxylation is 1. The van der Waals surface area contributed by atoms with Gasteiger partial charge in [0.25, 0.3) is 0 Å². The van der Waals surface area contributed by atoms with Crippen molar-refractivity contribution >= 4 is 17.3 Å². The highest BCUT2D eigenvalue weighted by Gasteiger charge is 2.01. The molecule has 0 radical (unpaired) electrons. The second-order valence-electron chi connectivity index (χ2n) is 5.95. The molecule has 0 unspecified atom stereocenters. The SMILES string of the molecule is CN=C(NCCCCCCCN(C)C)NCc1sccc1C. The van der Waals surface area contributed by atoms with Gasteiger partial charge in [-0.15, -0.1) is 11.3 Å². The van der Waals surface area contributed by atoms with Crippen molar-refractivity contribution in [3.8, 4) is 0 Å². The minimum absolute atomic E-state index is 0.855. The Labute approximate surface area is 140 Å². The first kappa shape index (κ1) is 19.0. The molecule has 0 spiro atoms. The molecule has 4 nitrogen and oxygen atoms in total. The number of rotatable bonds is 10. The van der Waals surface area contributed by atoms with E-state index in [1.807, 2.05) is 7.05 Å². The molecule has 2 N–H and O–H groups in total. The van der Waals surface area contributed by atoms with Gasteiger partial charge in [-0.05, 0) is 57.4 Å². The maximum atomic E-state index is 4.28. The number of unbranched alkanes of at least 4 members (excludes halogenated alkanes) is 4. The number of aliphatic imine (C=N–C) groups is 1. The van der Waals surface area contributed by atoms with Gasteiger partial charge in [0.15, 0.2) is 5.96 Å². The van der Waals surface area contributed by atoms with Crippen molar-refractivity contribution in [1.29, 1.82) is 0 Å². The second kappa shape index (κ2) is 11.5. The lowest BCUT2D eigenvalue weighted by molar-refractivity contribution is 0.389. The van der Waals surface area contributed by atoms with Gasteiger partial charge in [0, 0.05) is 18.5 Å². The van der Waals surface area contributed by atoms with Crippen LogP contribution in [-0.4, -0.2) is 45.1 Å². The molecule has 0 aromatic carbocycles. The van der Waals surface area contributed by atoms with Gasteiger partial charge in [-0.3, -0.25) is 4.99 Å². The Kier molecular flexibility index (Phi) is 9.91. The summed E-state index contributed by atoms with van der Waals surface area (Å²) in [5, 5.41) is 8.91. The number of hydrogen-bond acceptors (Lipinski definition) is 3. The summed E-state index contributed by atoms with van der Waals surface area (Å²) in [6.07, 6.45) is 6.48. The molecule has 1 aromatic heterocycles. The molecule has 0 aliphatic carbocycles. The second-order valence-corrected chi connectivity index (χ2v) is 6.95. The summed E-state index contributed by atoms with van der Waals surface area (Å²) in [5.74, 6) is 0.903. The Hall–Kier alpha value is -1.07. The van der Waals surface area contributed by atoms with Crippen molar-refractivity contribution < 1.29 is 0 Å². The van der Waals surface area contributed by atoms with Gasteiger partial charge in [-0.2, -0.15) is 0 Å². The fraction of sp³-hybridized carbons (Fsp3) is 0.706. The highest BCUT2D eigenvalue weighted by molar-refractivity contribution is 7.10. The van der Waals surface area contributed by atoms with E-state index >= 15 is 0 Å². The van der Waals surface area contributed by atoms with Crippen LogP contribution in [-0.2, 0) is 6.54 Å². The summed E-state index contributed by atoms with van der Waals surface area (Å²) in [4.78, 5) is 7.91. The van der Waals surface area contributed by atoms with E-state index in [0.29, 0.717) is 0 Å². The normalized spacial score (nSPS) is 12.0. The fourth-order valence-electron chi connectivity index (χ4n) is 2.26. The van der Waals surface area contributed by atoms with Crippen LogP contribution < -0.4 is 10.6 Å². The number of nitrogens with zero attached hydrogens (tertiary/aromatic N) is 2. The lowest BCUT2D eigenvalue weighted by Crippen LogP contribution is -2.37. The van der Waals surface area contributed by atoms with Crippen LogP contribution in [0.5, 0.6) is 0 Å². The standard InChI is InChI=1S/C17H32N4S/c1-15-10-13-22-16(15)14-20-17(18-2)19-11-8-6-5-7-9-12-21(3)4/h10,13H,5-9,11-12,14H2,1-4H3,(H2,18,19,20). The molecular formula is C17H32N4S. The van der Waals surface area contributed by atoms with E-state index in [1.165, 1.54) is 49.1 Å². The number of thiophene rings is 1. The van der Waals surface area contributed by atoms with E-state index in [2.05, 4.69) is 53.0 Å². The first-order chi connectivity index (χ1) is 10.6. The van der Waals surface area contributed by atoms with Gasteiger partial charge in [0.1, 0.15) is 0 Å². The highest BCUT2D eigenvalue weighted by atomic mass is 32.1. The van der Waals surface area contributed by atoms with E-state index in [1.54, 1.807) is 11.3 Å². The first-order valence-electron chi connectivity index (χ1n) is 8.25. The molecule has 0 atom stereocenters. The molecule has 0 aliphatic rings. The average Bonchev–Trinajstić information content (AvgIpc) is 2.90. The zero-order chi connectivity index (χ0) is 16.2. The molecule has 5 heteroatoms. The Bertz CT molecular complexity index is 426. The van der Waals surface area contributed by atoms with E-state index in [0.717, 1.165) is 19.0 Å². The minimum atomic E-state index is 0.855. The van der Waals surface area contributed by atoms with Crippen LogP contribution in [0.4, 0.5) is 0 Å². The van der Waals surface area contributed by atoms with Crippen molar-refractivity contribution in [3.05, 3.63) is 21.9 Å². The summed E-state index contributed by atoms with van der Waals surface area (Å²) in [6.45, 7) is 5.21. The molecule has 0 saturated carbocycles. The van der Waals surface area contributed by atoms with Gasteiger partial charge in [-0.25, -0.2) is 0 Å². The van der Waals surface area contributed by atoms with Crippen molar-refractivity contribution in [1.82, 2.24) is 15.5 Å².